The highest BCUT2D eigenvalue weighted by atomic mass is 16.5. The fourth-order valence-corrected chi connectivity index (χ4v) is 3.86. The predicted octanol–water partition coefficient (Wildman–Crippen LogP) is 1.66. The zero-order valence-electron chi connectivity index (χ0n) is 18.4. The molecule has 0 saturated carbocycles. The molecule has 6 heteroatoms. The Hall–Kier alpha value is -2.86. The second-order valence-electron chi connectivity index (χ2n) is 8.18. The number of nitrogens with zero attached hydrogens (tertiary/aromatic N) is 1. The molecule has 0 spiro atoms. The van der Waals surface area contributed by atoms with Crippen molar-refractivity contribution in [2.45, 2.75) is 27.7 Å². The maximum Gasteiger partial charge on any atom is 0.279 e. The first-order valence-corrected chi connectivity index (χ1v) is 10.5. The molecule has 0 unspecified atom stereocenters. The van der Waals surface area contributed by atoms with Gasteiger partial charge in [0.05, 0.1) is 26.2 Å². The summed E-state index contributed by atoms with van der Waals surface area (Å²) in [5.74, 6) is 0.760. The molecule has 1 aliphatic rings. The predicted molar refractivity (Wildman–Crippen MR) is 118 cm³/mol. The molecule has 6 nitrogen and oxygen atoms in total. The highest BCUT2D eigenvalue weighted by Gasteiger charge is 2.25. The molecule has 2 aromatic carbocycles. The normalized spacial score (nSPS) is 14.5. The van der Waals surface area contributed by atoms with Crippen molar-refractivity contribution in [3.63, 3.8) is 0 Å². The number of amides is 2. The first kappa shape index (κ1) is 21.8. The lowest BCUT2D eigenvalue weighted by Gasteiger charge is -2.32. The van der Waals surface area contributed by atoms with Crippen molar-refractivity contribution in [3.05, 3.63) is 58.7 Å². The Kier molecular flexibility index (Phi) is 7.11. The van der Waals surface area contributed by atoms with Gasteiger partial charge in [0.2, 0.25) is 0 Å². The highest BCUT2D eigenvalue weighted by molar-refractivity contribution is 5.93. The maximum absolute atomic E-state index is 12.5. The van der Waals surface area contributed by atoms with Gasteiger partial charge < -0.3 is 19.9 Å². The molecule has 30 heavy (non-hydrogen) atoms. The fourth-order valence-electron chi connectivity index (χ4n) is 3.86. The number of nitrogens with one attached hydrogen (secondary N) is 2. The van der Waals surface area contributed by atoms with Crippen LogP contribution >= 0.6 is 0 Å². The van der Waals surface area contributed by atoms with Gasteiger partial charge >= 0.3 is 0 Å². The van der Waals surface area contributed by atoms with Crippen LogP contribution in [0.25, 0.3) is 0 Å². The Labute approximate surface area is 178 Å². The van der Waals surface area contributed by atoms with Crippen LogP contribution in [0.5, 0.6) is 5.75 Å². The number of carbonyl (C=O) groups excluding carboxylic acids is 2. The Morgan fingerprint density at radius 1 is 1.00 bits per heavy atom. The maximum atomic E-state index is 12.5. The lowest BCUT2D eigenvalue weighted by molar-refractivity contribution is -0.895. The second kappa shape index (κ2) is 9.76. The van der Waals surface area contributed by atoms with Gasteiger partial charge in [-0.25, -0.2) is 0 Å². The Bertz CT molecular complexity index is 898. The van der Waals surface area contributed by atoms with E-state index >= 15 is 0 Å². The molecule has 1 heterocycles. The van der Waals surface area contributed by atoms with Crippen molar-refractivity contribution in [1.29, 1.82) is 0 Å². The van der Waals surface area contributed by atoms with E-state index in [4.69, 9.17) is 4.74 Å². The van der Waals surface area contributed by atoms with Crippen molar-refractivity contribution >= 4 is 17.5 Å². The molecular formula is C24H32N3O3+. The average Bonchev–Trinajstić information content (AvgIpc) is 2.70. The molecule has 2 amide bonds. The Balaban J connectivity index is 1.44. The average molecular weight is 411 g/mol. The molecule has 0 atom stereocenters. The van der Waals surface area contributed by atoms with E-state index in [1.54, 1.807) is 0 Å². The number of aryl methyl sites for hydroxylation is 4. The number of ether oxygens (including phenoxy) is 1. The van der Waals surface area contributed by atoms with E-state index in [1.807, 2.05) is 69.0 Å². The third-order valence-corrected chi connectivity index (χ3v) is 5.66. The first-order valence-electron chi connectivity index (χ1n) is 10.5. The SMILES string of the molecule is Cc1ccc(OCC(=O)N2CC[NH+](CC(=O)Nc3c(C)cccc3C)CC2)c(C)c1. The van der Waals surface area contributed by atoms with Crippen LogP contribution in [-0.4, -0.2) is 56.0 Å². The van der Waals surface area contributed by atoms with Gasteiger partial charge in [0, 0.05) is 5.69 Å². The van der Waals surface area contributed by atoms with Gasteiger partial charge in [-0.15, -0.1) is 0 Å². The molecule has 160 valence electrons. The third kappa shape index (κ3) is 5.60. The summed E-state index contributed by atoms with van der Waals surface area (Å²) in [6.07, 6.45) is 0. The van der Waals surface area contributed by atoms with Gasteiger partial charge in [-0.3, -0.25) is 9.59 Å². The van der Waals surface area contributed by atoms with Gasteiger partial charge in [0.25, 0.3) is 11.8 Å². The number of rotatable bonds is 6. The highest BCUT2D eigenvalue weighted by Crippen LogP contribution is 2.19. The number of piperazine rings is 1. The van der Waals surface area contributed by atoms with E-state index in [0.29, 0.717) is 19.6 Å². The van der Waals surface area contributed by atoms with Crippen molar-refractivity contribution in [3.8, 4) is 5.75 Å². The van der Waals surface area contributed by atoms with Crippen LogP contribution in [0.15, 0.2) is 36.4 Å². The smallest absolute Gasteiger partial charge is 0.279 e. The molecule has 0 aromatic heterocycles. The summed E-state index contributed by atoms with van der Waals surface area (Å²) in [5.41, 5.74) is 5.24. The molecule has 1 saturated heterocycles. The van der Waals surface area contributed by atoms with Crippen LogP contribution in [0, 0.1) is 27.7 Å². The Morgan fingerprint density at radius 2 is 1.67 bits per heavy atom. The zero-order valence-corrected chi connectivity index (χ0v) is 18.4. The number of benzene rings is 2. The van der Waals surface area contributed by atoms with E-state index in [-0.39, 0.29) is 18.4 Å². The molecule has 1 fully saturated rings. The molecule has 0 aliphatic carbocycles. The van der Waals surface area contributed by atoms with Crippen molar-refractivity contribution in [1.82, 2.24) is 4.90 Å². The van der Waals surface area contributed by atoms with E-state index < -0.39 is 0 Å². The van der Waals surface area contributed by atoms with Crippen LogP contribution in [0.2, 0.25) is 0 Å². The molecular weight excluding hydrogens is 378 g/mol. The summed E-state index contributed by atoms with van der Waals surface area (Å²) in [7, 11) is 0. The summed E-state index contributed by atoms with van der Waals surface area (Å²) in [5, 5.41) is 3.05. The van der Waals surface area contributed by atoms with Gasteiger partial charge in [-0.1, -0.05) is 35.9 Å². The Morgan fingerprint density at radius 3 is 2.30 bits per heavy atom. The van der Waals surface area contributed by atoms with Gasteiger partial charge in [0.1, 0.15) is 5.75 Å². The number of para-hydroxylation sites is 1. The van der Waals surface area contributed by atoms with Crippen LogP contribution in [0.1, 0.15) is 22.3 Å². The van der Waals surface area contributed by atoms with E-state index in [1.165, 1.54) is 10.5 Å². The quantitative estimate of drug-likeness (QED) is 0.762. The summed E-state index contributed by atoms with van der Waals surface area (Å²) >= 11 is 0. The summed E-state index contributed by atoms with van der Waals surface area (Å²) < 4.78 is 5.72. The molecule has 0 bridgehead atoms. The third-order valence-electron chi connectivity index (χ3n) is 5.66. The van der Waals surface area contributed by atoms with Crippen LogP contribution in [0.3, 0.4) is 0 Å². The minimum Gasteiger partial charge on any atom is -0.484 e. The minimum atomic E-state index is -0.00554. The number of carbonyl (C=O) groups is 2. The number of quaternary nitrogens is 1. The largest absolute Gasteiger partial charge is 0.484 e. The zero-order chi connectivity index (χ0) is 21.7. The number of hydrogen-bond donors (Lipinski definition) is 2. The molecule has 1 aliphatic heterocycles. The van der Waals surface area contributed by atoms with E-state index in [2.05, 4.69) is 5.32 Å². The van der Waals surface area contributed by atoms with Crippen LogP contribution in [0.4, 0.5) is 5.69 Å². The topological polar surface area (TPSA) is 63.1 Å². The lowest BCUT2D eigenvalue weighted by Crippen LogP contribution is -3.15. The minimum absolute atomic E-state index is 0.00554. The van der Waals surface area contributed by atoms with E-state index in [0.717, 1.165) is 41.2 Å². The summed E-state index contributed by atoms with van der Waals surface area (Å²) in [4.78, 5) is 28.0. The number of hydrogen-bond acceptors (Lipinski definition) is 3. The van der Waals surface area contributed by atoms with Gasteiger partial charge in [-0.05, 0) is 50.5 Å². The van der Waals surface area contributed by atoms with Crippen LogP contribution in [-0.2, 0) is 9.59 Å². The van der Waals surface area contributed by atoms with Crippen molar-refractivity contribution < 1.29 is 19.2 Å². The van der Waals surface area contributed by atoms with Crippen molar-refractivity contribution in [2.24, 2.45) is 0 Å². The van der Waals surface area contributed by atoms with Crippen molar-refractivity contribution in [2.75, 3.05) is 44.6 Å². The number of anilines is 1. The summed E-state index contributed by atoms with van der Waals surface area (Å²) in [6, 6.07) is 11.9. The molecule has 0 radical (unpaired) electrons. The van der Waals surface area contributed by atoms with E-state index in [9.17, 15) is 9.59 Å². The van der Waals surface area contributed by atoms with Crippen LogP contribution < -0.4 is 15.0 Å². The monoisotopic (exact) mass is 410 g/mol. The lowest BCUT2D eigenvalue weighted by atomic mass is 10.1. The first-order chi connectivity index (χ1) is 14.3. The summed E-state index contributed by atoms with van der Waals surface area (Å²) in [6.45, 7) is 11.3. The molecule has 3 rings (SSSR count). The fraction of sp³-hybridized carbons (Fsp3) is 0.417. The standard InChI is InChI=1S/C24H31N3O3/c1-17-8-9-21(20(4)14-17)30-16-23(29)27-12-10-26(11-13-27)15-22(28)25-24-18(2)6-5-7-19(24)3/h5-9,14H,10-13,15-16H2,1-4H3,(H,25,28)/p+1. The molecule has 2 N–H and O–H groups in total. The van der Waals surface area contributed by atoms with Gasteiger partial charge in [-0.2, -0.15) is 0 Å². The second-order valence-corrected chi connectivity index (χ2v) is 8.18. The molecule has 2 aromatic rings. The van der Waals surface area contributed by atoms with Gasteiger partial charge in [0.15, 0.2) is 13.2 Å².